The highest BCUT2D eigenvalue weighted by atomic mass is 32.1. The van der Waals surface area contributed by atoms with Crippen molar-refractivity contribution in [3.8, 4) is 0 Å². The second-order valence-electron chi connectivity index (χ2n) is 4.76. The fourth-order valence-corrected chi connectivity index (χ4v) is 3.23. The lowest BCUT2D eigenvalue weighted by Crippen LogP contribution is -2.28. The third-order valence-electron chi connectivity index (χ3n) is 3.39. The molecule has 0 aliphatic heterocycles. The zero-order chi connectivity index (χ0) is 12.5. The molecular formula is C15H27NS. The van der Waals surface area contributed by atoms with Crippen LogP contribution in [0.3, 0.4) is 0 Å². The van der Waals surface area contributed by atoms with Crippen LogP contribution in [0.4, 0.5) is 0 Å². The van der Waals surface area contributed by atoms with Gasteiger partial charge in [-0.1, -0.05) is 46.1 Å². The number of hydrogen-bond acceptors (Lipinski definition) is 2. The third kappa shape index (κ3) is 4.81. The topological polar surface area (TPSA) is 12.0 Å². The van der Waals surface area contributed by atoms with E-state index in [4.69, 9.17) is 0 Å². The fourth-order valence-electron chi connectivity index (χ4n) is 2.34. The Kier molecular flexibility index (Phi) is 7.54. The molecule has 0 saturated carbocycles. The first-order valence-electron chi connectivity index (χ1n) is 7.10. The maximum absolute atomic E-state index is 3.74. The van der Waals surface area contributed by atoms with Crippen LogP contribution in [0, 0.1) is 5.92 Å². The quantitative estimate of drug-likeness (QED) is 0.652. The number of rotatable bonds is 9. The zero-order valence-corrected chi connectivity index (χ0v) is 12.4. The highest BCUT2D eigenvalue weighted by Gasteiger charge is 2.21. The van der Waals surface area contributed by atoms with Crippen molar-refractivity contribution in [2.24, 2.45) is 5.92 Å². The summed E-state index contributed by atoms with van der Waals surface area (Å²) in [5.74, 6) is 0.792. The lowest BCUT2D eigenvalue weighted by Gasteiger charge is -2.26. The Bertz CT molecular complexity index is 268. The molecule has 98 valence electrons. The third-order valence-corrected chi connectivity index (χ3v) is 4.34. The second kappa shape index (κ2) is 8.71. The van der Waals surface area contributed by atoms with E-state index >= 15 is 0 Å². The minimum Gasteiger partial charge on any atom is -0.309 e. The molecule has 2 atom stereocenters. The van der Waals surface area contributed by atoms with E-state index in [1.807, 2.05) is 11.3 Å². The molecule has 0 spiro atoms. The van der Waals surface area contributed by atoms with Gasteiger partial charge in [-0.15, -0.1) is 11.3 Å². The Balaban J connectivity index is 2.65. The van der Waals surface area contributed by atoms with Gasteiger partial charge in [0.15, 0.2) is 0 Å². The molecule has 2 unspecified atom stereocenters. The van der Waals surface area contributed by atoms with Gasteiger partial charge >= 0.3 is 0 Å². The summed E-state index contributed by atoms with van der Waals surface area (Å²) in [6.45, 7) is 7.98. The Morgan fingerprint density at radius 1 is 1.24 bits per heavy atom. The minimum absolute atomic E-state index is 0.575. The summed E-state index contributed by atoms with van der Waals surface area (Å²) >= 11 is 1.90. The SMILES string of the molecule is CCCCC(CC)C(NCCC)c1cccs1. The van der Waals surface area contributed by atoms with E-state index in [1.54, 1.807) is 0 Å². The first-order chi connectivity index (χ1) is 8.33. The smallest absolute Gasteiger partial charge is 0.0443 e. The molecule has 0 saturated heterocycles. The summed E-state index contributed by atoms with van der Waals surface area (Å²) in [4.78, 5) is 1.52. The molecule has 0 fully saturated rings. The molecule has 0 amide bonds. The summed E-state index contributed by atoms with van der Waals surface area (Å²) in [5, 5.41) is 5.94. The molecule has 1 aromatic heterocycles. The van der Waals surface area contributed by atoms with Crippen LogP contribution in [0.5, 0.6) is 0 Å². The predicted molar refractivity (Wildman–Crippen MR) is 78.7 cm³/mol. The van der Waals surface area contributed by atoms with Crippen molar-refractivity contribution >= 4 is 11.3 Å². The van der Waals surface area contributed by atoms with Gasteiger partial charge in [-0.3, -0.25) is 0 Å². The van der Waals surface area contributed by atoms with Crippen LogP contribution in [0.2, 0.25) is 0 Å². The van der Waals surface area contributed by atoms with Gasteiger partial charge in [-0.05, 0) is 36.8 Å². The maximum atomic E-state index is 3.74. The van der Waals surface area contributed by atoms with Crippen molar-refractivity contribution in [3.05, 3.63) is 22.4 Å². The van der Waals surface area contributed by atoms with Gasteiger partial charge in [-0.2, -0.15) is 0 Å². The monoisotopic (exact) mass is 253 g/mol. The number of hydrogen-bond donors (Lipinski definition) is 1. The van der Waals surface area contributed by atoms with E-state index in [2.05, 4.69) is 43.6 Å². The van der Waals surface area contributed by atoms with Crippen molar-refractivity contribution in [2.75, 3.05) is 6.54 Å². The summed E-state index contributed by atoms with van der Waals surface area (Å²) in [7, 11) is 0. The molecule has 1 nitrogen and oxygen atoms in total. The van der Waals surface area contributed by atoms with Gasteiger partial charge in [-0.25, -0.2) is 0 Å². The number of unbranched alkanes of at least 4 members (excludes halogenated alkanes) is 1. The average molecular weight is 253 g/mol. The number of thiophene rings is 1. The standard InChI is InChI=1S/C15H27NS/c1-4-7-9-13(6-3)15(16-11-5-2)14-10-8-12-17-14/h8,10,12-13,15-16H,4-7,9,11H2,1-3H3. The summed E-state index contributed by atoms with van der Waals surface area (Å²) < 4.78 is 0. The van der Waals surface area contributed by atoms with Gasteiger partial charge in [0.25, 0.3) is 0 Å². The van der Waals surface area contributed by atoms with Crippen LogP contribution >= 0.6 is 11.3 Å². The van der Waals surface area contributed by atoms with Crippen LogP contribution in [0.25, 0.3) is 0 Å². The van der Waals surface area contributed by atoms with Gasteiger partial charge < -0.3 is 5.32 Å². The van der Waals surface area contributed by atoms with E-state index in [-0.39, 0.29) is 0 Å². The molecule has 0 aromatic carbocycles. The Hall–Kier alpha value is -0.340. The number of nitrogens with one attached hydrogen (secondary N) is 1. The molecule has 0 aliphatic rings. The highest BCUT2D eigenvalue weighted by molar-refractivity contribution is 7.10. The Labute approximate surface area is 111 Å². The largest absolute Gasteiger partial charge is 0.309 e. The van der Waals surface area contributed by atoms with Crippen molar-refractivity contribution < 1.29 is 0 Å². The highest BCUT2D eigenvalue weighted by Crippen LogP contribution is 2.31. The van der Waals surface area contributed by atoms with Crippen molar-refractivity contribution in [2.45, 2.75) is 58.9 Å². The normalized spacial score (nSPS) is 14.8. The summed E-state index contributed by atoms with van der Waals surface area (Å²) in [6.07, 6.45) is 6.51. The van der Waals surface area contributed by atoms with Gasteiger partial charge in [0.1, 0.15) is 0 Å². The van der Waals surface area contributed by atoms with Crippen LogP contribution in [-0.4, -0.2) is 6.54 Å². The Morgan fingerprint density at radius 2 is 2.06 bits per heavy atom. The van der Waals surface area contributed by atoms with E-state index in [0.717, 1.165) is 12.5 Å². The van der Waals surface area contributed by atoms with Crippen LogP contribution in [0.1, 0.15) is 63.8 Å². The Morgan fingerprint density at radius 3 is 2.59 bits per heavy atom. The van der Waals surface area contributed by atoms with E-state index in [9.17, 15) is 0 Å². The van der Waals surface area contributed by atoms with Crippen molar-refractivity contribution in [3.63, 3.8) is 0 Å². The molecule has 0 bridgehead atoms. The predicted octanol–water partition coefficient (Wildman–Crippen LogP) is 5.01. The summed E-state index contributed by atoms with van der Waals surface area (Å²) in [5.41, 5.74) is 0. The molecule has 17 heavy (non-hydrogen) atoms. The molecule has 0 radical (unpaired) electrons. The summed E-state index contributed by atoms with van der Waals surface area (Å²) in [6, 6.07) is 5.03. The lowest BCUT2D eigenvalue weighted by atomic mass is 9.90. The van der Waals surface area contributed by atoms with E-state index < -0.39 is 0 Å². The van der Waals surface area contributed by atoms with Crippen LogP contribution < -0.4 is 5.32 Å². The maximum Gasteiger partial charge on any atom is 0.0443 e. The van der Waals surface area contributed by atoms with Gasteiger partial charge in [0.05, 0.1) is 0 Å². The molecule has 1 rings (SSSR count). The first-order valence-corrected chi connectivity index (χ1v) is 7.98. The van der Waals surface area contributed by atoms with Crippen LogP contribution in [0.15, 0.2) is 17.5 Å². The first kappa shape index (κ1) is 14.7. The van der Waals surface area contributed by atoms with Crippen molar-refractivity contribution in [1.29, 1.82) is 0 Å². The van der Waals surface area contributed by atoms with Gasteiger partial charge in [0, 0.05) is 10.9 Å². The van der Waals surface area contributed by atoms with Gasteiger partial charge in [0.2, 0.25) is 0 Å². The lowest BCUT2D eigenvalue weighted by molar-refractivity contribution is 0.327. The molecule has 1 aromatic rings. The molecule has 1 heterocycles. The fraction of sp³-hybridized carbons (Fsp3) is 0.733. The van der Waals surface area contributed by atoms with Crippen LogP contribution in [-0.2, 0) is 0 Å². The molecule has 2 heteroatoms. The molecule has 0 aliphatic carbocycles. The minimum atomic E-state index is 0.575. The molecule has 1 N–H and O–H groups in total. The van der Waals surface area contributed by atoms with E-state index in [0.29, 0.717) is 6.04 Å². The molecular weight excluding hydrogens is 226 g/mol. The van der Waals surface area contributed by atoms with Crippen molar-refractivity contribution in [1.82, 2.24) is 5.32 Å². The zero-order valence-electron chi connectivity index (χ0n) is 11.5. The average Bonchev–Trinajstić information content (AvgIpc) is 2.87. The van der Waals surface area contributed by atoms with E-state index in [1.165, 1.54) is 37.0 Å². The second-order valence-corrected chi connectivity index (χ2v) is 5.74.